The molecule has 0 aromatic heterocycles. The minimum atomic E-state index is -0.311. The number of methoxy groups -OCH3 is 1. The van der Waals surface area contributed by atoms with Gasteiger partial charge in [0, 0.05) is 5.92 Å². The predicted molar refractivity (Wildman–Crippen MR) is 99.6 cm³/mol. The molecule has 0 saturated heterocycles. The normalized spacial score (nSPS) is 15.4. The van der Waals surface area contributed by atoms with Crippen molar-refractivity contribution in [3.8, 4) is 0 Å². The monoisotopic (exact) mass is 326 g/mol. The highest BCUT2D eigenvalue weighted by molar-refractivity contribution is 5.91. The maximum atomic E-state index is 11.6. The zero-order valence-electron chi connectivity index (χ0n) is 14.0. The first-order valence-electron chi connectivity index (χ1n) is 8.33. The third kappa shape index (κ3) is 2.76. The fourth-order valence-electron chi connectivity index (χ4n) is 3.45. The Morgan fingerprint density at radius 1 is 0.840 bits per heavy atom. The van der Waals surface area contributed by atoms with Gasteiger partial charge in [-0.25, -0.2) is 4.79 Å². The number of carbonyl (C=O) groups excluding carboxylic acids is 1. The Balaban J connectivity index is 1.78. The summed E-state index contributed by atoms with van der Waals surface area (Å²) < 4.78 is 4.78. The van der Waals surface area contributed by atoms with E-state index in [1.165, 1.54) is 29.4 Å². The summed E-state index contributed by atoms with van der Waals surface area (Å²) in [5, 5.41) is 0. The average Bonchev–Trinajstić information content (AvgIpc) is 3.08. The summed E-state index contributed by atoms with van der Waals surface area (Å²) in [5.41, 5.74) is 6.75. The van der Waals surface area contributed by atoms with Gasteiger partial charge in [-0.3, -0.25) is 0 Å². The zero-order chi connectivity index (χ0) is 17.2. The van der Waals surface area contributed by atoms with Gasteiger partial charge in [-0.15, -0.1) is 0 Å². The Hall–Kier alpha value is -3.13. The molecule has 3 aromatic carbocycles. The SMILES string of the molecule is COC(=O)c1ccc(C2=CC(c3ccccc3)c3ccccc32)cc1. The molecule has 2 heteroatoms. The van der Waals surface area contributed by atoms with Crippen molar-refractivity contribution < 1.29 is 9.53 Å². The van der Waals surface area contributed by atoms with Crippen molar-refractivity contribution in [3.63, 3.8) is 0 Å². The second-order valence-corrected chi connectivity index (χ2v) is 6.12. The Morgan fingerprint density at radius 2 is 1.52 bits per heavy atom. The molecule has 122 valence electrons. The molecule has 25 heavy (non-hydrogen) atoms. The molecule has 0 N–H and O–H groups in total. The van der Waals surface area contributed by atoms with Crippen LogP contribution in [0.3, 0.4) is 0 Å². The van der Waals surface area contributed by atoms with E-state index in [0.717, 1.165) is 5.56 Å². The standard InChI is InChI=1S/C23H18O2/c1-25-23(24)18-13-11-17(12-14-18)22-15-21(16-7-3-2-4-8-16)19-9-5-6-10-20(19)22/h2-15,21H,1H3. The highest BCUT2D eigenvalue weighted by atomic mass is 16.5. The fraction of sp³-hybridized carbons (Fsp3) is 0.0870. The van der Waals surface area contributed by atoms with Crippen LogP contribution in [0.15, 0.2) is 84.9 Å². The van der Waals surface area contributed by atoms with E-state index in [1.54, 1.807) is 0 Å². The van der Waals surface area contributed by atoms with E-state index in [2.05, 4.69) is 54.6 Å². The third-order valence-corrected chi connectivity index (χ3v) is 4.70. The lowest BCUT2D eigenvalue weighted by molar-refractivity contribution is 0.0600. The van der Waals surface area contributed by atoms with Gasteiger partial charge in [0.25, 0.3) is 0 Å². The van der Waals surface area contributed by atoms with Gasteiger partial charge in [0.05, 0.1) is 12.7 Å². The molecule has 1 aliphatic carbocycles. The molecule has 3 aromatic rings. The molecule has 1 unspecified atom stereocenters. The average molecular weight is 326 g/mol. The van der Waals surface area contributed by atoms with Crippen LogP contribution in [0.4, 0.5) is 0 Å². The number of esters is 1. The molecule has 1 aliphatic rings. The number of rotatable bonds is 3. The van der Waals surface area contributed by atoms with Crippen LogP contribution < -0.4 is 0 Å². The fourth-order valence-corrected chi connectivity index (χ4v) is 3.45. The van der Waals surface area contributed by atoms with Gasteiger partial charge in [0.15, 0.2) is 0 Å². The first-order chi connectivity index (χ1) is 12.3. The van der Waals surface area contributed by atoms with E-state index < -0.39 is 0 Å². The van der Waals surface area contributed by atoms with E-state index in [9.17, 15) is 4.79 Å². The van der Waals surface area contributed by atoms with Crippen LogP contribution in [0.5, 0.6) is 0 Å². The van der Waals surface area contributed by atoms with Crippen LogP contribution >= 0.6 is 0 Å². The maximum Gasteiger partial charge on any atom is 0.337 e. The lowest BCUT2D eigenvalue weighted by Gasteiger charge is -2.11. The molecular weight excluding hydrogens is 308 g/mol. The van der Waals surface area contributed by atoms with E-state index >= 15 is 0 Å². The van der Waals surface area contributed by atoms with Gasteiger partial charge in [0.1, 0.15) is 0 Å². The minimum absolute atomic E-state index is 0.257. The molecule has 0 radical (unpaired) electrons. The van der Waals surface area contributed by atoms with Crippen molar-refractivity contribution in [2.75, 3.05) is 7.11 Å². The van der Waals surface area contributed by atoms with Gasteiger partial charge < -0.3 is 4.74 Å². The molecule has 0 bridgehead atoms. The number of fused-ring (bicyclic) bond motifs is 1. The van der Waals surface area contributed by atoms with Gasteiger partial charge in [0.2, 0.25) is 0 Å². The minimum Gasteiger partial charge on any atom is -0.465 e. The Bertz CT molecular complexity index is 937. The van der Waals surface area contributed by atoms with Gasteiger partial charge in [-0.2, -0.15) is 0 Å². The summed E-state index contributed by atoms with van der Waals surface area (Å²) in [6, 6.07) is 26.7. The van der Waals surface area contributed by atoms with Crippen LogP contribution in [0, 0.1) is 0 Å². The molecule has 0 fully saturated rings. The van der Waals surface area contributed by atoms with Crippen LogP contribution in [0.2, 0.25) is 0 Å². The Morgan fingerprint density at radius 3 is 2.24 bits per heavy atom. The maximum absolute atomic E-state index is 11.6. The van der Waals surface area contributed by atoms with E-state index in [4.69, 9.17) is 4.74 Å². The Labute approximate surface area is 147 Å². The van der Waals surface area contributed by atoms with Crippen molar-refractivity contribution in [3.05, 3.63) is 113 Å². The van der Waals surface area contributed by atoms with E-state index in [0.29, 0.717) is 5.56 Å². The largest absolute Gasteiger partial charge is 0.465 e. The predicted octanol–water partition coefficient (Wildman–Crippen LogP) is 5.05. The number of ether oxygens (including phenoxy) is 1. The molecule has 0 spiro atoms. The molecule has 2 nitrogen and oxygen atoms in total. The van der Waals surface area contributed by atoms with Crippen molar-refractivity contribution in [1.29, 1.82) is 0 Å². The van der Waals surface area contributed by atoms with Crippen LogP contribution in [0.1, 0.15) is 38.5 Å². The number of hydrogen-bond acceptors (Lipinski definition) is 2. The smallest absolute Gasteiger partial charge is 0.337 e. The number of carbonyl (C=O) groups is 1. The first kappa shape index (κ1) is 15.4. The number of allylic oxidation sites excluding steroid dienone is 1. The summed E-state index contributed by atoms with van der Waals surface area (Å²) in [6.07, 6.45) is 2.31. The molecule has 0 amide bonds. The molecule has 0 saturated carbocycles. The molecule has 0 aliphatic heterocycles. The summed E-state index contributed by atoms with van der Waals surface area (Å²) in [6.45, 7) is 0. The quantitative estimate of drug-likeness (QED) is 0.630. The topological polar surface area (TPSA) is 26.3 Å². The summed E-state index contributed by atoms with van der Waals surface area (Å²) in [4.78, 5) is 11.6. The van der Waals surface area contributed by atoms with E-state index in [-0.39, 0.29) is 11.9 Å². The van der Waals surface area contributed by atoms with Gasteiger partial charge >= 0.3 is 5.97 Å². The second-order valence-electron chi connectivity index (χ2n) is 6.12. The lowest BCUT2D eigenvalue weighted by Crippen LogP contribution is -2.00. The zero-order valence-corrected chi connectivity index (χ0v) is 14.0. The van der Waals surface area contributed by atoms with Crippen molar-refractivity contribution in [2.24, 2.45) is 0 Å². The summed E-state index contributed by atoms with van der Waals surface area (Å²) in [7, 11) is 1.40. The summed E-state index contributed by atoms with van der Waals surface area (Å²) in [5.74, 6) is -0.0535. The second kappa shape index (κ2) is 6.40. The van der Waals surface area contributed by atoms with E-state index in [1.807, 2.05) is 30.3 Å². The van der Waals surface area contributed by atoms with Crippen molar-refractivity contribution >= 4 is 11.5 Å². The van der Waals surface area contributed by atoms with Crippen LogP contribution in [0.25, 0.3) is 5.57 Å². The molecule has 1 atom stereocenters. The molecule has 0 heterocycles. The highest BCUT2D eigenvalue weighted by Gasteiger charge is 2.25. The van der Waals surface area contributed by atoms with Crippen molar-refractivity contribution in [1.82, 2.24) is 0 Å². The van der Waals surface area contributed by atoms with Gasteiger partial charge in [-0.05, 0) is 40.0 Å². The number of benzene rings is 3. The number of hydrogen-bond donors (Lipinski definition) is 0. The first-order valence-corrected chi connectivity index (χ1v) is 8.33. The molecule has 4 rings (SSSR count). The lowest BCUT2D eigenvalue weighted by atomic mass is 9.93. The summed E-state index contributed by atoms with van der Waals surface area (Å²) >= 11 is 0. The third-order valence-electron chi connectivity index (χ3n) is 4.70. The van der Waals surface area contributed by atoms with Crippen LogP contribution in [-0.2, 0) is 4.74 Å². The highest BCUT2D eigenvalue weighted by Crippen LogP contribution is 2.42. The Kier molecular flexibility index (Phi) is 3.95. The molecular formula is C23H18O2. The van der Waals surface area contributed by atoms with Crippen molar-refractivity contribution in [2.45, 2.75) is 5.92 Å². The van der Waals surface area contributed by atoms with Crippen LogP contribution in [-0.4, -0.2) is 13.1 Å². The van der Waals surface area contributed by atoms with Gasteiger partial charge in [-0.1, -0.05) is 72.8 Å².